The van der Waals surface area contributed by atoms with Gasteiger partial charge in [-0.15, -0.1) is 0 Å². The molecular weight excluding hydrogens is 258 g/mol. The fourth-order valence-corrected chi connectivity index (χ4v) is 1.65. The first-order valence-electron chi connectivity index (χ1n) is 5.41. The summed E-state index contributed by atoms with van der Waals surface area (Å²) in [5, 5.41) is 20.3. The predicted molar refractivity (Wildman–Crippen MR) is 66.4 cm³/mol. The van der Waals surface area contributed by atoms with E-state index in [9.17, 15) is 9.59 Å². The highest BCUT2D eigenvalue weighted by Gasteiger charge is 2.19. The third kappa shape index (κ3) is 4.35. The molecule has 0 aliphatic heterocycles. The number of hydrogen-bond donors (Lipinski definition) is 3. The molecule has 6 heteroatoms. The normalized spacial score (nSPS) is 11.9. The molecule has 0 fully saturated rings. The Bertz CT molecular complexity index is 436. The Morgan fingerprint density at radius 2 is 2.00 bits per heavy atom. The lowest BCUT2D eigenvalue weighted by molar-refractivity contribution is -0.142. The zero-order chi connectivity index (χ0) is 13.5. The van der Waals surface area contributed by atoms with Crippen LogP contribution < -0.4 is 5.32 Å². The number of carbonyl (C=O) groups is 2. The van der Waals surface area contributed by atoms with Gasteiger partial charge in [-0.2, -0.15) is 0 Å². The predicted octanol–water partition coefficient (Wildman–Crippen LogP) is 0.834. The minimum atomic E-state index is -1.17. The highest BCUT2D eigenvalue weighted by Crippen LogP contribution is 2.15. The van der Waals surface area contributed by atoms with E-state index >= 15 is 0 Å². The van der Waals surface area contributed by atoms with Crippen LogP contribution in [0.5, 0.6) is 0 Å². The number of aliphatic hydroxyl groups is 1. The van der Waals surface area contributed by atoms with Crippen molar-refractivity contribution < 1.29 is 19.8 Å². The van der Waals surface area contributed by atoms with Crippen molar-refractivity contribution in [2.45, 2.75) is 18.9 Å². The molecule has 0 aliphatic carbocycles. The third-order valence-electron chi connectivity index (χ3n) is 2.36. The minimum Gasteiger partial charge on any atom is -0.480 e. The Labute approximate surface area is 109 Å². The summed E-state index contributed by atoms with van der Waals surface area (Å²) in [6.07, 6.45) is -0.0154. The standard InChI is InChI=1S/C12H14ClNO4/c13-9-4-2-1-3-8(9)7-11(16)14-10(5-6-15)12(17)18/h1-4,10,15H,5-7H2,(H,14,16)(H,17,18)/t10-/m1/s1. The van der Waals surface area contributed by atoms with Crippen molar-refractivity contribution >= 4 is 23.5 Å². The number of amides is 1. The Balaban J connectivity index is 2.61. The second-order valence-electron chi connectivity index (χ2n) is 3.74. The SMILES string of the molecule is O=C(Cc1ccccc1Cl)N[C@H](CCO)C(=O)O. The number of rotatable bonds is 6. The fourth-order valence-electron chi connectivity index (χ4n) is 1.45. The van der Waals surface area contributed by atoms with Crippen molar-refractivity contribution in [1.29, 1.82) is 0 Å². The Hall–Kier alpha value is -1.59. The van der Waals surface area contributed by atoms with Crippen LogP contribution in [0.3, 0.4) is 0 Å². The number of carboxylic acids is 1. The number of hydrogen-bond acceptors (Lipinski definition) is 3. The highest BCUT2D eigenvalue weighted by molar-refractivity contribution is 6.31. The van der Waals surface area contributed by atoms with Crippen molar-refractivity contribution in [3.8, 4) is 0 Å². The van der Waals surface area contributed by atoms with Crippen molar-refractivity contribution in [2.24, 2.45) is 0 Å². The molecule has 0 spiro atoms. The maximum absolute atomic E-state index is 11.6. The summed E-state index contributed by atoms with van der Waals surface area (Å²) in [5.41, 5.74) is 0.629. The average Bonchev–Trinajstić information content (AvgIpc) is 2.31. The lowest BCUT2D eigenvalue weighted by Gasteiger charge is -2.13. The van der Waals surface area contributed by atoms with Gasteiger partial charge < -0.3 is 15.5 Å². The molecule has 0 radical (unpaired) electrons. The molecule has 0 saturated heterocycles. The molecule has 0 aromatic heterocycles. The van der Waals surface area contributed by atoms with Crippen LogP contribution in [-0.4, -0.2) is 34.7 Å². The summed E-state index contributed by atoms with van der Waals surface area (Å²) in [5.74, 6) is -1.61. The molecule has 0 aliphatic rings. The lowest BCUT2D eigenvalue weighted by Crippen LogP contribution is -2.42. The molecule has 1 atom stereocenters. The molecule has 0 bridgehead atoms. The molecule has 98 valence electrons. The van der Waals surface area contributed by atoms with Gasteiger partial charge in [0.1, 0.15) is 6.04 Å². The van der Waals surface area contributed by atoms with E-state index in [1.54, 1.807) is 24.3 Å². The molecule has 1 rings (SSSR count). The van der Waals surface area contributed by atoms with E-state index in [4.69, 9.17) is 21.8 Å². The van der Waals surface area contributed by atoms with Gasteiger partial charge in [-0.1, -0.05) is 29.8 Å². The van der Waals surface area contributed by atoms with E-state index in [-0.39, 0.29) is 19.4 Å². The smallest absolute Gasteiger partial charge is 0.326 e. The van der Waals surface area contributed by atoms with E-state index < -0.39 is 17.9 Å². The average molecular weight is 272 g/mol. The second kappa shape index (κ2) is 6.98. The van der Waals surface area contributed by atoms with Crippen molar-refractivity contribution in [3.05, 3.63) is 34.9 Å². The zero-order valence-corrected chi connectivity index (χ0v) is 10.4. The maximum Gasteiger partial charge on any atom is 0.326 e. The first-order valence-corrected chi connectivity index (χ1v) is 5.79. The van der Waals surface area contributed by atoms with Crippen molar-refractivity contribution in [2.75, 3.05) is 6.61 Å². The van der Waals surface area contributed by atoms with Crippen molar-refractivity contribution in [3.63, 3.8) is 0 Å². The Kier molecular flexibility index (Phi) is 5.61. The lowest BCUT2D eigenvalue weighted by atomic mass is 10.1. The van der Waals surface area contributed by atoms with Gasteiger partial charge in [-0.05, 0) is 11.6 Å². The van der Waals surface area contributed by atoms with Crippen LogP contribution in [0, 0.1) is 0 Å². The van der Waals surface area contributed by atoms with Crippen LogP contribution in [0.15, 0.2) is 24.3 Å². The van der Waals surface area contributed by atoms with Gasteiger partial charge in [0.15, 0.2) is 0 Å². The molecule has 0 unspecified atom stereocenters. The van der Waals surface area contributed by atoms with E-state index in [0.29, 0.717) is 10.6 Å². The molecular formula is C12H14ClNO4. The number of carbonyl (C=O) groups excluding carboxylic acids is 1. The van der Waals surface area contributed by atoms with Gasteiger partial charge in [-0.3, -0.25) is 4.79 Å². The zero-order valence-electron chi connectivity index (χ0n) is 9.60. The van der Waals surface area contributed by atoms with Gasteiger partial charge in [0, 0.05) is 18.1 Å². The van der Waals surface area contributed by atoms with Crippen LogP contribution in [0.2, 0.25) is 5.02 Å². The molecule has 1 aromatic carbocycles. The summed E-state index contributed by atoms with van der Waals surface area (Å²) >= 11 is 5.89. The van der Waals surface area contributed by atoms with Gasteiger partial charge in [-0.25, -0.2) is 4.79 Å². The first-order chi connectivity index (χ1) is 8.54. The van der Waals surface area contributed by atoms with Gasteiger partial charge in [0.05, 0.1) is 6.42 Å². The molecule has 0 heterocycles. The number of aliphatic carboxylic acids is 1. The summed E-state index contributed by atoms with van der Waals surface area (Å²) in [7, 11) is 0. The Morgan fingerprint density at radius 3 is 2.56 bits per heavy atom. The van der Waals surface area contributed by atoms with Crippen LogP contribution in [0.1, 0.15) is 12.0 Å². The third-order valence-corrected chi connectivity index (χ3v) is 2.73. The monoisotopic (exact) mass is 271 g/mol. The topological polar surface area (TPSA) is 86.6 Å². The fraction of sp³-hybridized carbons (Fsp3) is 0.333. The van der Waals surface area contributed by atoms with Crippen LogP contribution in [0.25, 0.3) is 0 Å². The maximum atomic E-state index is 11.6. The first kappa shape index (κ1) is 14.5. The molecule has 1 aromatic rings. The molecule has 1 amide bonds. The summed E-state index contributed by atoms with van der Waals surface area (Å²) in [6, 6.07) is 5.77. The highest BCUT2D eigenvalue weighted by atomic mass is 35.5. The summed E-state index contributed by atoms with van der Waals surface area (Å²) in [4.78, 5) is 22.4. The van der Waals surface area contributed by atoms with E-state index in [0.717, 1.165) is 0 Å². The second-order valence-corrected chi connectivity index (χ2v) is 4.15. The largest absolute Gasteiger partial charge is 0.480 e. The van der Waals surface area contributed by atoms with Crippen LogP contribution in [0.4, 0.5) is 0 Å². The van der Waals surface area contributed by atoms with E-state index in [1.807, 2.05) is 0 Å². The molecule has 18 heavy (non-hydrogen) atoms. The van der Waals surface area contributed by atoms with Crippen LogP contribution >= 0.6 is 11.6 Å². The van der Waals surface area contributed by atoms with E-state index in [2.05, 4.69) is 5.32 Å². The number of halogens is 1. The van der Waals surface area contributed by atoms with E-state index in [1.165, 1.54) is 0 Å². The van der Waals surface area contributed by atoms with Gasteiger partial charge >= 0.3 is 5.97 Å². The molecule has 0 saturated carbocycles. The van der Waals surface area contributed by atoms with Gasteiger partial charge in [0.25, 0.3) is 0 Å². The quantitative estimate of drug-likeness (QED) is 0.715. The number of carboxylic acid groups (broad SMARTS) is 1. The number of nitrogens with one attached hydrogen (secondary N) is 1. The number of aliphatic hydroxyl groups excluding tert-OH is 1. The van der Waals surface area contributed by atoms with Crippen molar-refractivity contribution in [1.82, 2.24) is 5.32 Å². The summed E-state index contributed by atoms with van der Waals surface area (Å²) in [6.45, 7) is -0.302. The van der Waals surface area contributed by atoms with Gasteiger partial charge in [0.2, 0.25) is 5.91 Å². The minimum absolute atomic E-state index is 0.00881. The summed E-state index contributed by atoms with van der Waals surface area (Å²) < 4.78 is 0. The Morgan fingerprint density at radius 1 is 1.33 bits per heavy atom. The molecule has 3 N–H and O–H groups in total. The number of benzene rings is 1. The molecule has 5 nitrogen and oxygen atoms in total. The van der Waals surface area contributed by atoms with Crippen LogP contribution in [-0.2, 0) is 16.0 Å².